The molecule has 24 heavy (non-hydrogen) atoms. The molecule has 2 rings (SSSR count). The van der Waals surface area contributed by atoms with Gasteiger partial charge in [0.15, 0.2) is 0 Å². The highest BCUT2D eigenvalue weighted by Crippen LogP contribution is 2.23. The van der Waals surface area contributed by atoms with E-state index in [2.05, 4.69) is 5.32 Å². The predicted molar refractivity (Wildman–Crippen MR) is 92.5 cm³/mol. The lowest BCUT2D eigenvalue weighted by molar-refractivity contribution is -0.116. The molecule has 1 N–H and O–H groups in total. The molecular weight excluding hydrogens is 306 g/mol. The van der Waals surface area contributed by atoms with Crippen molar-refractivity contribution in [2.24, 2.45) is 0 Å². The van der Waals surface area contributed by atoms with Gasteiger partial charge in [-0.3, -0.25) is 4.79 Å². The largest absolute Gasteiger partial charge is 0.497 e. The van der Waals surface area contributed by atoms with Crippen LogP contribution in [0.1, 0.15) is 27.9 Å². The van der Waals surface area contributed by atoms with Crippen LogP contribution in [-0.4, -0.2) is 26.1 Å². The summed E-state index contributed by atoms with van der Waals surface area (Å²) in [4.78, 5) is 24.0. The number of nitrogens with one attached hydrogen (secondary N) is 1. The summed E-state index contributed by atoms with van der Waals surface area (Å²) in [5.74, 6) is -0.165. The Bertz CT molecular complexity index is 723. The quantitative estimate of drug-likeness (QED) is 0.826. The number of hydrogen-bond acceptors (Lipinski definition) is 4. The van der Waals surface area contributed by atoms with Gasteiger partial charge in [-0.2, -0.15) is 0 Å². The average molecular weight is 327 g/mol. The van der Waals surface area contributed by atoms with Crippen LogP contribution in [0, 0.1) is 6.92 Å². The Morgan fingerprint density at radius 2 is 1.75 bits per heavy atom. The molecule has 5 heteroatoms. The average Bonchev–Trinajstić information content (AvgIpc) is 2.61. The van der Waals surface area contributed by atoms with E-state index in [1.807, 2.05) is 31.2 Å². The number of benzene rings is 2. The number of carbonyl (C=O) groups excluding carboxylic acids is 2. The minimum Gasteiger partial charge on any atom is -0.497 e. The van der Waals surface area contributed by atoms with Crippen LogP contribution < -0.4 is 10.1 Å². The molecule has 0 unspecified atom stereocenters. The summed E-state index contributed by atoms with van der Waals surface area (Å²) in [5, 5.41) is 2.76. The number of carbonyl (C=O) groups is 2. The van der Waals surface area contributed by atoms with Crippen molar-refractivity contribution in [2.75, 3.05) is 19.5 Å². The normalized spacial score (nSPS) is 10.1. The zero-order valence-electron chi connectivity index (χ0n) is 14.1. The minimum absolute atomic E-state index is 0.161. The molecule has 0 radical (unpaired) electrons. The Kier molecular flexibility index (Phi) is 5.95. The summed E-state index contributed by atoms with van der Waals surface area (Å²) in [5.41, 5.74) is 2.96. The Morgan fingerprint density at radius 1 is 1.04 bits per heavy atom. The molecule has 126 valence electrons. The van der Waals surface area contributed by atoms with E-state index in [0.29, 0.717) is 24.3 Å². The van der Waals surface area contributed by atoms with Crippen LogP contribution in [0.5, 0.6) is 5.75 Å². The smallest absolute Gasteiger partial charge is 0.340 e. The molecule has 2 aromatic carbocycles. The van der Waals surface area contributed by atoms with E-state index in [9.17, 15) is 9.59 Å². The third kappa shape index (κ3) is 4.59. The third-order valence-corrected chi connectivity index (χ3v) is 3.67. The number of hydrogen-bond donors (Lipinski definition) is 1. The Labute approximate surface area is 141 Å². The second kappa shape index (κ2) is 8.15. The van der Waals surface area contributed by atoms with Crippen molar-refractivity contribution < 1.29 is 19.1 Å². The van der Waals surface area contributed by atoms with Crippen LogP contribution in [0.3, 0.4) is 0 Å². The molecule has 0 heterocycles. The van der Waals surface area contributed by atoms with Gasteiger partial charge in [0.05, 0.1) is 25.5 Å². The van der Waals surface area contributed by atoms with Crippen molar-refractivity contribution in [1.82, 2.24) is 0 Å². The maximum Gasteiger partial charge on any atom is 0.340 e. The fourth-order valence-electron chi connectivity index (χ4n) is 2.26. The summed E-state index contributed by atoms with van der Waals surface area (Å²) in [6, 6.07) is 12.9. The number of anilines is 1. The van der Waals surface area contributed by atoms with Gasteiger partial charge in [0.25, 0.3) is 0 Å². The van der Waals surface area contributed by atoms with Gasteiger partial charge < -0.3 is 14.8 Å². The number of rotatable bonds is 6. The van der Waals surface area contributed by atoms with Gasteiger partial charge in [-0.15, -0.1) is 0 Å². The van der Waals surface area contributed by atoms with Crippen molar-refractivity contribution in [3.05, 3.63) is 59.2 Å². The molecule has 0 aliphatic heterocycles. The molecule has 0 bridgehead atoms. The van der Waals surface area contributed by atoms with E-state index < -0.39 is 5.97 Å². The van der Waals surface area contributed by atoms with Gasteiger partial charge in [0.1, 0.15) is 5.75 Å². The van der Waals surface area contributed by atoms with Gasteiger partial charge in [-0.05, 0) is 37.1 Å². The SMILES string of the molecule is COC(=O)c1cc(OC)ccc1NC(=O)CCc1ccc(C)cc1. The number of aryl methyl sites for hydroxylation is 2. The molecule has 0 fully saturated rings. The standard InChI is InChI=1S/C19H21NO4/c1-13-4-6-14(7-5-13)8-11-18(21)20-17-10-9-15(23-2)12-16(17)19(22)24-3/h4-7,9-10,12H,8,11H2,1-3H3,(H,20,21). The van der Waals surface area contributed by atoms with E-state index in [1.165, 1.54) is 19.8 Å². The molecular formula is C19H21NO4. The third-order valence-electron chi connectivity index (χ3n) is 3.67. The van der Waals surface area contributed by atoms with E-state index in [4.69, 9.17) is 9.47 Å². The summed E-state index contributed by atoms with van der Waals surface area (Å²) in [6.07, 6.45) is 0.964. The molecule has 2 aromatic rings. The topological polar surface area (TPSA) is 64.6 Å². The molecule has 0 saturated heterocycles. The van der Waals surface area contributed by atoms with Crippen LogP contribution in [0.2, 0.25) is 0 Å². The second-order valence-electron chi connectivity index (χ2n) is 5.44. The number of amides is 1. The Hall–Kier alpha value is -2.82. The van der Waals surface area contributed by atoms with Gasteiger partial charge >= 0.3 is 5.97 Å². The summed E-state index contributed by atoms with van der Waals surface area (Å²) in [6.45, 7) is 2.02. The highest BCUT2D eigenvalue weighted by Gasteiger charge is 2.15. The molecule has 0 aromatic heterocycles. The van der Waals surface area contributed by atoms with Crippen LogP contribution in [0.4, 0.5) is 5.69 Å². The molecule has 0 spiro atoms. The van der Waals surface area contributed by atoms with E-state index in [0.717, 1.165) is 5.56 Å². The van der Waals surface area contributed by atoms with Crippen LogP contribution in [0.25, 0.3) is 0 Å². The first-order chi connectivity index (χ1) is 11.5. The Morgan fingerprint density at radius 3 is 2.38 bits per heavy atom. The predicted octanol–water partition coefficient (Wildman–Crippen LogP) is 3.36. The van der Waals surface area contributed by atoms with Crippen molar-refractivity contribution in [3.63, 3.8) is 0 Å². The van der Waals surface area contributed by atoms with Crippen molar-refractivity contribution in [3.8, 4) is 5.75 Å². The van der Waals surface area contributed by atoms with Gasteiger partial charge in [0.2, 0.25) is 5.91 Å². The van der Waals surface area contributed by atoms with Gasteiger partial charge in [-0.1, -0.05) is 29.8 Å². The zero-order valence-corrected chi connectivity index (χ0v) is 14.1. The van der Waals surface area contributed by atoms with Crippen molar-refractivity contribution >= 4 is 17.6 Å². The highest BCUT2D eigenvalue weighted by atomic mass is 16.5. The van der Waals surface area contributed by atoms with Gasteiger partial charge in [0, 0.05) is 6.42 Å². The first kappa shape index (κ1) is 17.5. The van der Waals surface area contributed by atoms with Crippen LogP contribution >= 0.6 is 0 Å². The summed E-state index contributed by atoms with van der Waals surface area (Å²) in [7, 11) is 2.81. The highest BCUT2D eigenvalue weighted by molar-refractivity contribution is 6.01. The number of esters is 1. The zero-order chi connectivity index (χ0) is 17.5. The number of ether oxygens (including phenoxy) is 2. The van der Waals surface area contributed by atoms with E-state index in [1.54, 1.807) is 18.2 Å². The molecule has 0 aliphatic carbocycles. The van der Waals surface area contributed by atoms with Crippen molar-refractivity contribution in [1.29, 1.82) is 0 Å². The van der Waals surface area contributed by atoms with Crippen LogP contribution in [0.15, 0.2) is 42.5 Å². The van der Waals surface area contributed by atoms with Crippen molar-refractivity contribution in [2.45, 2.75) is 19.8 Å². The monoisotopic (exact) mass is 327 g/mol. The summed E-state index contributed by atoms with van der Waals surface area (Å²) < 4.78 is 9.86. The molecule has 0 aliphatic rings. The minimum atomic E-state index is -0.525. The molecule has 1 amide bonds. The fraction of sp³-hybridized carbons (Fsp3) is 0.263. The molecule has 0 atom stereocenters. The van der Waals surface area contributed by atoms with Gasteiger partial charge in [-0.25, -0.2) is 4.79 Å². The lowest BCUT2D eigenvalue weighted by Crippen LogP contribution is -2.16. The fourth-order valence-corrected chi connectivity index (χ4v) is 2.26. The first-order valence-corrected chi connectivity index (χ1v) is 7.65. The summed E-state index contributed by atoms with van der Waals surface area (Å²) >= 11 is 0. The molecule has 5 nitrogen and oxygen atoms in total. The first-order valence-electron chi connectivity index (χ1n) is 7.65. The Balaban J connectivity index is 2.05. The lowest BCUT2D eigenvalue weighted by atomic mass is 10.1. The van der Waals surface area contributed by atoms with Crippen LogP contribution in [-0.2, 0) is 16.0 Å². The van der Waals surface area contributed by atoms with E-state index in [-0.39, 0.29) is 11.5 Å². The molecule has 0 saturated carbocycles. The lowest BCUT2D eigenvalue weighted by Gasteiger charge is -2.11. The second-order valence-corrected chi connectivity index (χ2v) is 5.44. The van der Waals surface area contributed by atoms with E-state index >= 15 is 0 Å². The maximum atomic E-state index is 12.2. The number of methoxy groups -OCH3 is 2. The maximum absolute atomic E-state index is 12.2.